The molecule has 2 aromatic heterocycles. The Bertz CT molecular complexity index is 1070. The van der Waals surface area contributed by atoms with Gasteiger partial charge in [-0.25, -0.2) is 14.0 Å². The maximum Gasteiger partial charge on any atom is 0.350 e. The third-order valence-electron chi connectivity index (χ3n) is 5.79. The fraction of sp³-hybridized carbons (Fsp3) is 0.458. The van der Waals surface area contributed by atoms with Crippen LogP contribution >= 0.6 is 11.6 Å². The van der Waals surface area contributed by atoms with Crippen LogP contribution in [0.3, 0.4) is 0 Å². The van der Waals surface area contributed by atoms with Crippen LogP contribution in [0.4, 0.5) is 0 Å². The van der Waals surface area contributed by atoms with E-state index in [1.807, 2.05) is 38.1 Å². The average molecular weight is 441 g/mol. The first kappa shape index (κ1) is 21.6. The van der Waals surface area contributed by atoms with E-state index in [9.17, 15) is 4.79 Å². The van der Waals surface area contributed by atoms with Crippen LogP contribution in [0.15, 0.2) is 47.5 Å². The van der Waals surface area contributed by atoms with Gasteiger partial charge in [0.15, 0.2) is 5.82 Å². The predicted molar refractivity (Wildman–Crippen MR) is 123 cm³/mol. The van der Waals surface area contributed by atoms with Gasteiger partial charge < -0.3 is 4.74 Å². The second kappa shape index (κ2) is 9.69. The summed E-state index contributed by atoms with van der Waals surface area (Å²) < 4.78 is 8.95. The first-order valence-corrected chi connectivity index (χ1v) is 11.5. The highest BCUT2D eigenvalue weighted by atomic mass is 35.5. The molecule has 1 saturated carbocycles. The molecular weight excluding hydrogens is 412 g/mol. The topological polar surface area (TPSA) is 61.9 Å². The summed E-state index contributed by atoms with van der Waals surface area (Å²) >= 11 is 6.41. The van der Waals surface area contributed by atoms with Gasteiger partial charge in [0.05, 0.1) is 16.8 Å². The van der Waals surface area contributed by atoms with Crippen molar-refractivity contribution in [2.75, 3.05) is 0 Å². The van der Waals surface area contributed by atoms with Crippen molar-refractivity contribution in [3.63, 3.8) is 0 Å². The van der Waals surface area contributed by atoms with E-state index in [4.69, 9.17) is 21.4 Å². The van der Waals surface area contributed by atoms with Crippen molar-refractivity contribution in [2.45, 2.75) is 65.0 Å². The van der Waals surface area contributed by atoms with E-state index in [-0.39, 0.29) is 11.8 Å². The molecule has 4 rings (SSSR count). The summed E-state index contributed by atoms with van der Waals surface area (Å²) in [5.74, 6) is 1.96. The van der Waals surface area contributed by atoms with Gasteiger partial charge in [-0.2, -0.15) is 0 Å². The van der Waals surface area contributed by atoms with E-state index < -0.39 is 0 Å². The fourth-order valence-corrected chi connectivity index (χ4v) is 4.45. The molecule has 0 unspecified atom stereocenters. The Morgan fingerprint density at radius 3 is 2.55 bits per heavy atom. The summed E-state index contributed by atoms with van der Waals surface area (Å²) in [6.07, 6.45) is 10.7. The SMILES string of the molecule is CC(C)Oc1ccc(-n2c(-c3ccncc3Cl)nn(CCC3CCCCC3)c2=O)cc1. The Hall–Kier alpha value is -2.60. The van der Waals surface area contributed by atoms with Crippen LogP contribution in [0.25, 0.3) is 17.1 Å². The second-order valence-corrected chi connectivity index (χ2v) is 8.88. The van der Waals surface area contributed by atoms with Crippen molar-refractivity contribution in [3.8, 4) is 22.8 Å². The van der Waals surface area contributed by atoms with Gasteiger partial charge in [-0.05, 0) is 56.5 Å². The van der Waals surface area contributed by atoms with E-state index in [0.717, 1.165) is 17.9 Å². The van der Waals surface area contributed by atoms with Gasteiger partial charge in [0.2, 0.25) is 0 Å². The molecule has 0 atom stereocenters. The Morgan fingerprint density at radius 1 is 1.13 bits per heavy atom. The van der Waals surface area contributed by atoms with Gasteiger partial charge in [-0.3, -0.25) is 4.98 Å². The monoisotopic (exact) mass is 440 g/mol. The smallest absolute Gasteiger partial charge is 0.350 e. The molecule has 0 saturated heterocycles. The van der Waals surface area contributed by atoms with E-state index in [1.165, 1.54) is 32.1 Å². The van der Waals surface area contributed by atoms with E-state index in [2.05, 4.69) is 4.98 Å². The summed E-state index contributed by atoms with van der Waals surface area (Å²) in [4.78, 5) is 17.5. The zero-order chi connectivity index (χ0) is 21.8. The standard InChI is InChI=1S/C24H29ClN4O2/c1-17(2)31-20-10-8-19(9-11-20)29-23(21-12-14-26-16-22(21)25)27-28(24(29)30)15-13-18-6-4-3-5-7-18/h8-12,14,16-18H,3-7,13,15H2,1-2H3. The Kier molecular flexibility index (Phi) is 6.76. The number of benzene rings is 1. The summed E-state index contributed by atoms with van der Waals surface area (Å²) in [5, 5.41) is 5.16. The number of nitrogens with zero attached hydrogens (tertiary/aromatic N) is 4. The van der Waals surface area contributed by atoms with Crippen molar-refractivity contribution < 1.29 is 4.74 Å². The third-order valence-corrected chi connectivity index (χ3v) is 6.09. The molecule has 1 fully saturated rings. The quantitative estimate of drug-likeness (QED) is 0.486. The lowest BCUT2D eigenvalue weighted by atomic mass is 9.87. The zero-order valence-electron chi connectivity index (χ0n) is 18.1. The Morgan fingerprint density at radius 2 is 1.87 bits per heavy atom. The summed E-state index contributed by atoms with van der Waals surface area (Å²) in [6.45, 7) is 4.58. The van der Waals surface area contributed by atoms with Crippen molar-refractivity contribution in [2.24, 2.45) is 5.92 Å². The van der Waals surface area contributed by atoms with Crippen LogP contribution in [-0.4, -0.2) is 25.4 Å². The number of rotatable bonds is 7. The molecule has 1 aliphatic carbocycles. The molecule has 3 aromatic rings. The Balaban J connectivity index is 1.70. The molecular formula is C24H29ClN4O2. The summed E-state index contributed by atoms with van der Waals surface area (Å²) in [6, 6.07) is 9.30. The highest BCUT2D eigenvalue weighted by Crippen LogP contribution is 2.29. The third kappa shape index (κ3) is 5.01. The second-order valence-electron chi connectivity index (χ2n) is 8.47. The molecule has 1 aromatic carbocycles. The van der Waals surface area contributed by atoms with Gasteiger partial charge in [0, 0.05) is 24.5 Å². The predicted octanol–water partition coefficient (Wildman–Crippen LogP) is 5.51. The number of hydrogen-bond donors (Lipinski definition) is 0. The van der Waals surface area contributed by atoms with Gasteiger partial charge >= 0.3 is 5.69 Å². The van der Waals surface area contributed by atoms with Crippen molar-refractivity contribution >= 4 is 11.6 Å². The van der Waals surface area contributed by atoms with E-state index >= 15 is 0 Å². The molecule has 164 valence electrons. The molecule has 0 aliphatic heterocycles. The lowest BCUT2D eigenvalue weighted by molar-refractivity contribution is 0.242. The molecule has 0 spiro atoms. The maximum atomic E-state index is 13.4. The first-order valence-electron chi connectivity index (χ1n) is 11.1. The van der Waals surface area contributed by atoms with Crippen molar-refractivity contribution in [1.29, 1.82) is 0 Å². The highest BCUT2D eigenvalue weighted by Gasteiger charge is 2.20. The summed E-state index contributed by atoms with van der Waals surface area (Å²) in [5.41, 5.74) is 1.26. The van der Waals surface area contributed by atoms with Crippen LogP contribution in [0.1, 0.15) is 52.4 Å². The van der Waals surface area contributed by atoms with Crippen LogP contribution in [-0.2, 0) is 6.54 Å². The van der Waals surface area contributed by atoms with Crippen LogP contribution < -0.4 is 10.4 Å². The molecule has 0 amide bonds. The van der Waals surface area contributed by atoms with Crippen LogP contribution in [0.2, 0.25) is 5.02 Å². The minimum absolute atomic E-state index is 0.0855. The highest BCUT2D eigenvalue weighted by molar-refractivity contribution is 6.33. The molecule has 0 radical (unpaired) electrons. The van der Waals surface area contributed by atoms with E-state index in [1.54, 1.807) is 27.7 Å². The lowest BCUT2D eigenvalue weighted by Gasteiger charge is -2.20. The molecule has 2 heterocycles. The minimum Gasteiger partial charge on any atom is -0.491 e. The molecule has 7 heteroatoms. The normalized spacial score (nSPS) is 14.8. The number of ether oxygens (including phenoxy) is 1. The van der Waals surface area contributed by atoms with Crippen molar-refractivity contribution in [1.82, 2.24) is 19.3 Å². The van der Waals surface area contributed by atoms with E-state index in [0.29, 0.717) is 28.9 Å². The van der Waals surface area contributed by atoms with Gasteiger partial charge in [0.1, 0.15) is 5.75 Å². The zero-order valence-corrected chi connectivity index (χ0v) is 18.9. The van der Waals surface area contributed by atoms with Crippen LogP contribution in [0, 0.1) is 5.92 Å². The van der Waals surface area contributed by atoms with Crippen molar-refractivity contribution in [3.05, 3.63) is 58.2 Å². The molecule has 6 nitrogen and oxygen atoms in total. The minimum atomic E-state index is -0.156. The molecule has 0 N–H and O–H groups in total. The largest absolute Gasteiger partial charge is 0.491 e. The average Bonchev–Trinajstić information content (AvgIpc) is 3.09. The lowest BCUT2D eigenvalue weighted by Crippen LogP contribution is -2.25. The number of aryl methyl sites for hydroxylation is 1. The van der Waals surface area contributed by atoms with Gasteiger partial charge in [0.25, 0.3) is 0 Å². The van der Waals surface area contributed by atoms with Gasteiger partial charge in [-0.1, -0.05) is 43.7 Å². The Labute approximate surface area is 187 Å². The number of hydrogen-bond acceptors (Lipinski definition) is 4. The number of aromatic nitrogens is 4. The molecule has 31 heavy (non-hydrogen) atoms. The fourth-order valence-electron chi connectivity index (χ4n) is 4.24. The maximum absolute atomic E-state index is 13.4. The summed E-state index contributed by atoms with van der Waals surface area (Å²) in [7, 11) is 0. The van der Waals surface area contributed by atoms with Gasteiger partial charge in [-0.15, -0.1) is 5.10 Å². The van der Waals surface area contributed by atoms with Crippen LogP contribution in [0.5, 0.6) is 5.75 Å². The molecule has 0 bridgehead atoms. The number of pyridine rings is 1. The number of halogens is 1. The molecule has 1 aliphatic rings. The first-order chi connectivity index (χ1) is 15.0.